The molecule has 2 fully saturated rings. The SMILES string of the molecule is Cc1ccc(NC(=O)N2CCC([C@@H](NC(=O)c3ccc(C)cc3)C(=O)N3CCOCC3)CC2)cc1. The van der Waals surface area contributed by atoms with Gasteiger partial charge >= 0.3 is 6.03 Å². The Morgan fingerprint density at radius 1 is 0.829 bits per heavy atom. The molecule has 0 radical (unpaired) electrons. The second-order valence-corrected chi connectivity index (χ2v) is 9.38. The zero-order valence-electron chi connectivity index (χ0n) is 20.5. The number of hydrogen-bond donors (Lipinski definition) is 2. The summed E-state index contributed by atoms with van der Waals surface area (Å²) in [6.45, 7) is 7.06. The van der Waals surface area contributed by atoms with Crippen molar-refractivity contribution in [2.24, 2.45) is 5.92 Å². The lowest BCUT2D eigenvalue weighted by molar-refractivity contribution is -0.139. The first-order valence-corrected chi connectivity index (χ1v) is 12.3. The molecule has 2 aromatic carbocycles. The number of nitrogens with one attached hydrogen (secondary N) is 2. The standard InChI is InChI=1S/C27H34N4O4/c1-19-3-7-22(8-4-19)25(32)29-24(26(33)30-15-17-35-18-16-30)21-11-13-31(14-12-21)27(34)28-23-9-5-20(2)6-10-23/h3-10,21,24H,11-18H2,1-2H3,(H,28,34)(H,29,32)/t24-/m1/s1. The highest BCUT2D eigenvalue weighted by Crippen LogP contribution is 2.24. The van der Waals surface area contributed by atoms with Crippen LogP contribution in [0.5, 0.6) is 0 Å². The Labute approximate surface area is 206 Å². The van der Waals surface area contributed by atoms with Crippen LogP contribution in [0.3, 0.4) is 0 Å². The molecule has 0 spiro atoms. The summed E-state index contributed by atoms with van der Waals surface area (Å²) < 4.78 is 5.40. The van der Waals surface area contributed by atoms with Gasteiger partial charge in [-0.1, -0.05) is 35.4 Å². The van der Waals surface area contributed by atoms with Crippen molar-refractivity contribution in [3.63, 3.8) is 0 Å². The number of carbonyl (C=O) groups excluding carboxylic acids is 3. The molecule has 2 N–H and O–H groups in total. The molecule has 4 amide bonds. The average molecular weight is 479 g/mol. The summed E-state index contributed by atoms with van der Waals surface area (Å²) in [7, 11) is 0. The number of aryl methyl sites for hydroxylation is 2. The van der Waals surface area contributed by atoms with Gasteiger partial charge < -0.3 is 25.2 Å². The van der Waals surface area contributed by atoms with Gasteiger partial charge in [0.15, 0.2) is 0 Å². The summed E-state index contributed by atoms with van der Waals surface area (Å²) in [5.74, 6) is -0.379. The van der Waals surface area contributed by atoms with Crippen LogP contribution in [0, 0.1) is 19.8 Å². The van der Waals surface area contributed by atoms with Crippen molar-refractivity contribution >= 4 is 23.5 Å². The normalized spacial score (nSPS) is 17.5. The molecule has 0 bridgehead atoms. The van der Waals surface area contributed by atoms with Crippen molar-refractivity contribution in [2.45, 2.75) is 32.7 Å². The Bertz CT molecular complexity index is 1020. The smallest absolute Gasteiger partial charge is 0.321 e. The van der Waals surface area contributed by atoms with Gasteiger partial charge in [0.1, 0.15) is 6.04 Å². The zero-order valence-corrected chi connectivity index (χ0v) is 20.5. The first-order valence-electron chi connectivity index (χ1n) is 12.3. The van der Waals surface area contributed by atoms with E-state index < -0.39 is 6.04 Å². The number of anilines is 1. The van der Waals surface area contributed by atoms with Gasteiger partial charge in [0.25, 0.3) is 5.91 Å². The third-order valence-corrected chi connectivity index (χ3v) is 6.79. The average Bonchev–Trinajstić information content (AvgIpc) is 2.89. The third kappa shape index (κ3) is 6.39. The van der Waals surface area contributed by atoms with Gasteiger partial charge in [0, 0.05) is 37.4 Å². The molecule has 186 valence electrons. The minimum Gasteiger partial charge on any atom is -0.378 e. The van der Waals surface area contributed by atoms with E-state index in [1.807, 2.05) is 50.2 Å². The highest BCUT2D eigenvalue weighted by molar-refractivity contribution is 5.97. The first-order chi connectivity index (χ1) is 16.9. The molecule has 35 heavy (non-hydrogen) atoms. The second-order valence-electron chi connectivity index (χ2n) is 9.38. The van der Waals surface area contributed by atoms with E-state index in [4.69, 9.17) is 4.74 Å². The van der Waals surface area contributed by atoms with Crippen LogP contribution in [-0.2, 0) is 9.53 Å². The first kappa shape index (κ1) is 24.7. The Morgan fingerprint density at radius 2 is 1.40 bits per heavy atom. The number of morpholine rings is 1. The number of hydrogen-bond acceptors (Lipinski definition) is 4. The van der Waals surface area contributed by atoms with E-state index >= 15 is 0 Å². The van der Waals surface area contributed by atoms with Gasteiger partial charge in [-0.15, -0.1) is 0 Å². The van der Waals surface area contributed by atoms with Crippen LogP contribution in [-0.4, -0.2) is 73.1 Å². The molecule has 2 saturated heterocycles. The van der Waals surface area contributed by atoms with E-state index in [0.29, 0.717) is 57.8 Å². The highest BCUT2D eigenvalue weighted by Gasteiger charge is 2.36. The minimum absolute atomic E-state index is 0.0526. The Morgan fingerprint density at radius 3 is 2.00 bits per heavy atom. The Hall–Kier alpha value is -3.39. The van der Waals surface area contributed by atoms with Gasteiger partial charge in [-0.3, -0.25) is 9.59 Å². The monoisotopic (exact) mass is 478 g/mol. The summed E-state index contributed by atoms with van der Waals surface area (Å²) in [5.41, 5.74) is 3.49. The Kier molecular flexibility index (Phi) is 8.02. The van der Waals surface area contributed by atoms with E-state index in [2.05, 4.69) is 10.6 Å². The summed E-state index contributed by atoms with van der Waals surface area (Å²) >= 11 is 0. The van der Waals surface area contributed by atoms with Crippen LogP contribution in [0.2, 0.25) is 0 Å². The third-order valence-electron chi connectivity index (χ3n) is 6.79. The maximum Gasteiger partial charge on any atom is 0.321 e. The largest absolute Gasteiger partial charge is 0.378 e. The van der Waals surface area contributed by atoms with Crippen molar-refractivity contribution in [2.75, 3.05) is 44.7 Å². The van der Waals surface area contributed by atoms with Crippen LogP contribution >= 0.6 is 0 Å². The topological polar surface area (TPSA) is 91.0 Å². The van der Waals surface area contributed by atoms with Crippen molar-refractivity contribution in [1.82, 2.24) is 15.1 Å². The van der Waals surface area contributed by atoms with Crippen molar-refractivity contribution in [3.05, 3.63) is 65.2 Å². The van der Waals surface area contributed by atoms with Gasteiger partial charge in [0.2, 0.25) is 5.91 Å². The van der Waals surface area contributed by atoms with E-state index in [-0.39, 0.29) is 23.8 Å². The van der Waals surface area contributed by atoms with Crippen LogP contribution in [0.25, 0.3) is 0 Å². The summed E-state index contributed by atoms with van der Waals surface area (Å²) in [4.78, 5) is 42.8. The molecular formula is C27H34N4O4. The predicted molar refractivity (Wildman–Crippen MR) is 134 cm³/mol. The molecule has 8 heteroatoms. The van der Waals surface area contributed by atoms with E-state index in [1.54, 1.807) is 21.9 Å². The molecule has 8 nitrogen and oxygen atoms in total. The molecule has 1 atom stereocenters. The molecule has 2 aromatic rings. The lowest BCUT2D eigenvalue weighted by Gasteiger charge is -2.38. The van der Waals surface area contributed by atoms with Gasteiger partial charge in [-0.05, 0) is 56.9 Å². The number of piperidine rings is 1. The van der Waals surface area contributed by atoms with Gasteiger partial charge in [-0.2, -0.15) is 0 Å². The zero-order chi connectivity index (χ0) is 24.8. The van der Waals surface area contributed by atoms with Crippen molar-refractivity contribution < 1.29 is 19.1 Å². The molecule has 2 aliphatic heterocycles. The molecule has 0 unspecified atom stereocenters. The molecule has 0 aliphatic carbocycles. The maximum atomic E-state index is 13.5. The molecule has 2 aliphatic rings. The highest BCUT2D eigenvalue weighted by atomic mass is 16.5. The number of ether oxygens (including phenoxy) is 1. The van der Waals surface area contributed by atoms with Crippen LogP contribution in [0.1, 0.15) is 34.3 Å². The van der Waals surface area contributed by atoms with Crippen LogP contribution < -0.4 is 10.6 Å². The molecule has 4 rings (SSSR count). The van der Waals surface area contributed by atoms with E-state index in [9.17, 15) is 14.4 Å². The Balaban J connectivity index is 1.41. The molecule has 2 heterocycles. The summed E-state index contributed by atoms with van der Waals surface area (Å²) in [5, 5.41) is 5.96. The number of carbonyl (C=O) groups is 3. The van der Waals surface area contributed by atoms with E-state index in [1.165, 1.54) is 0 Å². The maximum absolute atomic E-state index is 13.5. The molecular weight excluding hydrogens is 444 g/mol. The van der Waals surface area contributed by atoms with Crippen LogP contribution in [0.15, 0.2) is 48.5 Å². The van der Waals surface area contributed by atoms with Crippen molar-refractivity contribution in [3.8, 4) is 0 Å². The number of urea groups is 1. The number of likely N-dealkylation sites (tertiary alicyclic amines) is 1. The lowest BCUT2D eigenvalue weighted by atomic mass is 9.88. The fraction of sp³-hybridized carbons (Fsp3) is 0.444. The van der Waals surface area contributed by atoms with Crippen molar-refractivity contribution in [1.29, 1.82) is 0 Å². The van der Waals surface area contributed by atoms with Crippen LogP contribution in [0.4, 0.5) is 10.5 Å². The fourth-order valence-electron chi connectivity index (χ4n) is 4.57. The number of rotatable bonds is 5. The number of nitrogens with zero attached hydrogens (tertiary/aromatic N) is 2. The second kappa shape index (κ2) is 11.4. The number of benzene rings is 2. The summed E-state index contributed by atoms with van der Waals surface area (Å²) in [6.07, 6.45) is 1.27. The lowest BCUT2D eigenvalue weighted by Crippen LogP contribution is -2.56. The fourth-order valence-corrected chi connectivity index (χ4v) is 4.57. The van der Waals surface area contributed by atoms with Gasteiger partial charge in [-0.25, -0.2) is 4.79 Å². The molecule has 0 aromatic heterocycles. The van der Waals surface area contributed by atoms with Gasteiger partial charge in [0.05, 0.1) is 13.2 Å². The number of amides is 4. The van der Waals surface area contributed by atoms with E-state index in [0.717, 1.165) is 16.8 Å². The molecule has 0 saturated carbocycles. The minimum atomic E-state index is -0.635. The summed E-state index contributed by atoms with van der Waals surface area (Å²) in [6, 6.07) is 14.2. The predicted octanol–water partition coefficient (Wildman–Crippen LogP) is 3.20. The quantitative estimate of drug-likeness (QED) is 0.691.